The van der Waals surface area contributed by atoms with Crippen LogP contribution in [0.4, 0.5) is 4.79 Å². The third kappa shape index (κ3) is 5.85. The highest BCUT2D eigenvalue weighted by Gasteiger charge is 2.33. The fourth-order valence-electron chi connectivity index (χ4n) is 3.24. The maximum absolute atomic E-state index is 12.4. The van der Waals surface area contributed by atoms with Crippen LogP contribution >= 0.6 is 0 Å². The largest absolute Gasteiger partial charge is 0.466 e. The van der Waals surface area contributed by atoms with Gasteiger partial charge in [-0.05, 0) is 33.1 Å². The van der Waals surface area contributed by atoms with Crippen LogP contribution in [0.3, 0.4) is 0 Å². The van der Waals surface area contributed by atoms with Gasteiger partial charge in [0.1, 0.15) is 0 Å². The maximum atomic E-state index is 12.4. The first-order valence-electron chi connectivity index (χ1n) is 8.74. The lowest BCUT2D eigenvalue weighted by molar-refractivity contribution is -0.144. The van der Waals surface area contributed by atoms with Crippen LogP contribution in [0.1, 0.15) is 72.1 Å². The Bertz CT molecular complexity index is 340. The maximum Gasteiger partial charge on any atom is 0.410 e. The second kappa shape index (κ2) is 10.5. The third-order valence-electron chi connectivity index (χ3n) is 4.17. The minimum absolute atomic E-state index is 0.119. The van der Waals surface area contributed by atoms with Crippen molar-refractivity contribution < 1.29 is 19.1 Å². The molecule has 1 fully saturated rings. The molecule has 1 amide bonds. The predicted octanol–water partition coefficient (Wildman–Crippen LogP) is 3.90. The normalized spacial score (nSPS) is 16.9. The molecule has 1 aliphatic carbocycles. The number of ether oxygens (including phenoxy) is 2. The molecular formula is C17H31NO4. The number of rotatable bonds is 8. The standard InChI is InChI=1S/C17H31NO4/c1-4-10-15(13-16(19)21-5-2)18(17(20)22-6-3)14-11-8-7-9-12-14/h14-15H,4-13H2,1-3H3. The molecule has 0 aliphatic heterocycles. The van der Waals surface area contributed by atoms with Crippen molar-refractivity contribution in [1.82, 2.24) is 4.90 Å². The molecule has 0 spiro atoms. The summed E-state index contributed by atoms with van der Waals surface area (Å²) >= 11 is 0. The van der Waals surface area contributed by atoms with Gasteiger partial charge in [0.05, 0.1) is 19.6 Å². The van der Waals surface area contributed by atoms with Gasteiger partial charge in [-0.1, -0.05) is 32.6 Å². The van der Waals surface area contributed by atoms with Crippen molar-refractivity contribution in [3.8, 4) is 0 Å². The average molecular weight is 313 g/mol. The minimum Gasteiger partial charge on any atom is -0.466 e. The molecule has 0 bridgehead atoms. The van der Waals surface area contributed by atoms with Gasteiger partial charge in [0.15, 0.2) is 0 Å². The van der Waals surface area contributed by atoms with E-state index >= 15 is 0 Å². The van der Waals surface area contributed by atoms with E-state index in [9.17, 15) is 9.59 Å². The second-order valence-corrected chi connectivity index (χ2v) is 5.85. The first-order chi connectivity index (χ1) is 10.6. The van der Waals surface area contributed by atoms with Crippen molar-refractivity contribution >= 4 is 12.1 Å². The Kier molecular flexibility index (Phi) is 8.94. The molecule has 0 saturated heterocycles. The van der Waals surface area contributed by atoms with Gasteiger partial charge in [0.25, 0.3) is 0 Å². The molecule has 1 atom stereocenters. The van der Waals surface area contributed by atoms with Crippen LogP contribution in [-0.4, -0.2) is 42.3 Å². The number of hydrogen-bond donors (Lipinski definition) is 0. The highest BCUT2D eigenvalue weighted by molar-refractivity contribution is 5.73. The molecule has 1 aliphatic rings. The Morgan fingerprint density at radius 1 is 1.05 bits per heavy atom. The van der Waals surface area contributed by atoms with Crippen molar-refractivity contribution in [2.45, 2.75) is 84.2 Å². The summed E-state index contributed by atoms with van der Waals surface area (Å²) in [6.07, 6.45) is 7.21. The fraction of sp³-hybridized carbons (Fsp3) is 0.882. The van der Waals surface area contributed by atoms with Gasteiger partial charge in [-0.25, -0.2) is 4.79 Å². The van der Waals surface area contributed by atoms with Crippen LogP contribution in [0.2, 0.25) is 0 Å². The molecule has 1 rings (SSSR count). The SMILES string of the molecule is CCCC(CC(=O)OCC)N(C(=O)OCC)C1CCCCC1. The highest BCUT2D eigenvalue weighted by Crippen LogP contribution is 2.27. The quantitative estimate of drug-likeness (QED) is 0.638. The molecule has 0 aromatic heterocycles. The molecule has 0 radical (unpaired) electrons. The van der Waals surface area contributed by atoms with E-state index in [1.54, 1.807) is 6.92 Å². The van der Waals surface area contributed by atoms with Crippen LogP contribution in [0, 0.1) is 0 Å². The van der Waals surface area contributed by atoms with Crippen molar-refractivity contribution in [2.24, 2.45) is 0 Å². The van der Waals surface area contributed by atoms with Crippen molar-refractivity contribution in [2.75, 3.05) is 13.2 Å². The Morgan fingerprint density at radius 3 is 2.23 bits per heavy atom. The average Bonchev–Trinajstić information content (AvgIpc) is 2.49. The second-order valence-electron chi connectivity index (χ2n) is 5.85. The number of amides is 1. The van der Waals surface area contributed by atoms with E-state index in [1.807, 2.05) is 11.8 Å². The highest BCUT2D eigenvalue weighted by atomic mass is 16.6. The molecular weight excluding hydrogens is 282 g/mol. The lowest BCUT2D eigenvalue weighted by Crippen LogP contribution is -2.49. The number of nitrogens with zero attached hydrogens (tertiary/aromatic N) is 1. The first-order valence-corrected chi connectivity index (χ1v) is 8.74. The molecule has 5 nitrogen and oxygen atoms in total. The number of carbonyl (C=O) groups is 2. The molecule has 0 aromatic carbocycles. The van der Waals surface area contributed by atoms with Gasteiger partial charge in [0, 0.05) is 12.1 Å². The predicted molar refractivity (Wildman–Crippen MR) is 85.7 cm³/mol. The van der Waals surface area contributed by atoms with E-state index in [1.165, 1.54) is 6.42 Å². The summed E-state index contributed by atoms with van der Waals surface area (Å²) in [5.74, 6) is -0.231. The van der Waals surface area contributed by atoms with Gasteiger partial charge in [-0.2, -0.15) is 0 Å². The van der Waals surface area contributed by atoms with Crippen molar-refractivity contribution in [3.05, 3.63) is 0 Å². The monoisotopic (exact) mass is 313 g/mol. The zero-order valence-electron chi connectivity index (χ0n) is 14.3. The van der Waals surface area contributed by atoms with Gasteiger partial charge < -0.3 is 14.4 Å². The van der Waals surface area contributed by atoms with E-state index < -0.39 is 0 Å². The van der Waals surface area contributed by atoms with Crippen LogP contribution in [-0.2, 0) is 14.3 Å². The van der Waals surface area contributed by atoms with E-state index in [0.717, 1.165) is 38.5 Å². The van der Waals surface area contributed by atoms with Crippen LogP contribution in [0.5, 0.6) is 0 Å². The first kappa shape index (κ1) is 18.8. The van der Waals surface area contributed by atoms with Crippen LogP contribution < -0.4 is 0 Å². The lowest BCUT2D eigenvalue weighted by atomic mass is 9.92. The Hall–Kier alpha value is -1.26. The molecule has 1 saturated carbocycles. The Balaban J connectivity index is 2.85. The third-order valence-corrected chi connectivity index (χ3v) is 4.17. The topological polar surface area (TPSA) is 55.8 Å². The number of carbonyl (C=O) groups excluding carboxylic acids is 2. The van der Waals surface area contributed by atoms with E-state index in [2.05, 4.69) is 6.92 Å². The van der Waals surface area contributed by atoms with E-state index in [4.69, 9.17) is 9.47 Å². The van der Waals surface area contributed by atoms with Gasteiger partial charge in [-0.3, -0.25) is 4.79 Å². The molecule has 1 unspecified atom stereocenters. The van der Waals surface area contributed by atoms with E-state index in [-0.39, 0.29) is 30.6 Å². The summed E-state index contributed by atoms with van der Waals surface area (Å²) < 4.78 is 10.3. The van der Waals surface area contributed by atoms with Crippen LogP contribution in [0.25, 0.3) is 0 Å². The van der Waals surface area contributed by atoms with E-state index in [0.29, 0.717) is 13.2 Å². The van der Waals surface area contributed by atoms with Crippen molar-refractivity contribution in [3.63, 3.8) is 0 Å². The summed E-state index contributed by atoms with van der Waals surface area (Å²) in [5, 5.41) is 0. The molecule has 5 heteroatoms. The number of hydrogen-bond acceptors (Lipinski definition) is 4. The fourth-order valence-corrected chi connectivity index (χ4v) is 3.24. The van der Waals surface area contributed by atoms with Crippen LogP contribution in [0.15, 0.2) is 0 Å². The van der Waals surface area contributed by atoms with Gasteiger partial charge in [-0.15, -0.1) is 0 Å². The summed E-state index contributed by atoms with van der Waals surface area (Å²) in [6.45, 7) is 6.43. The summed E-state index contributed by atoms with van der Waals surface area (Å²) in [7, 11) is 0. The molecule has 0 N–H and O–H groups in total. The number of esters is 1. The van der Waals surface area contributed by atoms with Gasteiger partial charge in [0.2, 0.25) is 0 Å². The molecule has 22 heavy (non-hydrogen) atoms. The summed E-state index contributed by atoms with van der Waals surface area (Å²) in [4.78, 5) is 26.2. The zero-order chi connectivity index (χ0) is 16.4. The Labute approximate surface area is 134 Å². The van der Waals surface area contributed by atoms with Gasteiger partial charge >= 0.3 is 12.1 Å². The molecule has 128 valence electrons. The summed E-state index contributed by atoms with van der Waals surface area (Å²) in [6, 6.07) is 0.0741. The molecule has 0 heterocycles. The Morgan fingerprint density at radius 2 is 1.68 bits per heavy atom. The summed E-state index contributed by atoms with van der Waals surface area (Å²) in [5.41, 5.74) is 0. The minimum atomic E-state index is -0.280. The molecule has 0 aromatic rings. The smallest absolute Gasteiger partial charge is 0.410 e. The zero-order valence-corrected chi connectivity index (χ0v) is 14.3. The lowest BCUT2D eigenvalue weighted by Gasteiger charge is -2.39. The van der Waals surface area contributed by atoms with Crippen molar-refractivity contribution in [1.29, 1.82) is 0 Å².